The van der Waals surface area contributed by atoms with E-state index in [1.807, 2.05) is 5.32 Å². The van der Waals surface area contributed by atoms with Gasteiger partial charge < -0.3 is 30.3 Å². The highest BCUT2D eigenvalue weighted by molar-refractivity contribution is 7.93. The molecule has 3 amide bonds. The van der Waals surface area contributed by atoms with E-state index in [2.05, 4.69) is 30.0 Å². The number of nitrogens with one attached hydrogen (secondary N) is 2. The second-order valence-corrected chi connectivity index (χ2v) is 24.5. The van der Waals surface area contributed by atoms with Crippen LogP contribution in [-0.4, -0.2) is 130 Å². The number of urea groups is 1. The van der Waals surface area contributed by atoms with E-state index >= 15 is 8.78 Å². The molecule has 0 spiro atoms. The number of carboxylic acid groups (broad SMARTS) is 2. The Morgan fingerprint density at radius 3 is 1.98 bits per heavy atom. The van der Waals surface area contributed by atoms with Gasteiger partial charge in [0, 0.05) is 40.6 Å². The minimum Gasteiger partial charge on any atom is -0.473 e. The lowest BCUT2D eigenvalue weighted by molar-refractivity contribution is -0.166. The van der Waals surface area contributed by atoms with Crippen molar-refractivity contribution in [3.63, 3.8) is 0 Å². The number of amides is 3. The maximum absolute atomic E-state index is 15.7. The van der Waals surface area contributed by atoms with Gasteiger partial charge in [-0.3, -0.25) is 19.1 Å². The second-order valence-electron chi connectivity index (χ2n) is 19.6. The molecule has 1 unspecified atom stereocenters. The predicted octanol–water partition coefficient (Wildman–Crippen LogP) is 5.97. The standard InChI is InChI=1S/C47H43ClF10N8O14S2/c1-44(2,81(3,75)76)10-9-23-5-6-25(34(59-23)30(13-20-11-21(49)14-22(50)12-20)61-31(67)16-64-37-32(36(62-64)47(56,57)58)27-15-28(27)46(37,54)55)26-7-8-29(48)33-35(26)65(19-45(51,52)53)63-38(33)66(82(4,77)78)43(74)60-24(17-79-41(72)39(68)69)18-80-42(73)40(70)71/h5-8,11-12,14,24,27-28,30H,9-10,13,15-19H2,1-4H3,(H,60,74)(H,61,67)(H,68,69)(H,70,71)/t27-,28?,30-/m0/s1. The van der Waals surface area contributed by atoms with Crippen LogP contribution in [0.15, 0.2) is 42.5 Å². The predicted molar refractivity (Wildman–Crippen MR) is 261 cm³/mol. The summed E-state index contributed by atoms with van der Waals surface area (Å²) in [6.45, 7) is -3.40. The van der Waals surface area contributed by atoms with Crippen LogP contribution in [0, 0.1) is 17.6 Å². The fourth-order valence-corrected chi connectivity index (χ4v) is 10.6. The van der Waals surface area contributed by atoms with Gasteiger partial charge in [0.2, 0.25) is 15.9 Å². The molecule has 7 rings (SSSR count). The number of ether oxygens (including phenoxy) is 2. The summed E-state index contributed by atoms with van der Waals surface area (Å²) in [4.78, 5) is 78.9. The maximum Gasteiger partial charge on any atom is 0.435 e. The zero-order valence-corrected chi connectivity index (χ0v) is 44.8. The van der Waals surface area contributed by atoms with Crippen LogP contribution in [0.2, 0.25) is 5.02 Å². The molecule has 35 heteroatoms. The molecule has 3 heterocycles. The fraction of sp³-hybridized carbons (Fsp3) is 0.426. The quantitative estimate of drug-likeness (QED) is 0.0420. The number of aliphatic carboxylic acids is 2. The Hall–Kier alpha value is -7.62. The number of aromatic nitrogens is 5. The van der Waals surface area contributed by atoms with E-state index in [0.717, 1.165) is 36.6 Å². The third kappa shape index (κ3) is 13.3. The van der Waals surface area contributed by atoms with Gasteiger partial charge in [0.05, 0.1) is 44.7 Å². The molecule has 3 atom stereocenters. The molecular weight excluding hydrogens is 1190 g/mol. The number of sulfone groups is 1. The number of benzene rings is 2. The van der Waals surface area contributed by atoms with Gasteiger partial charge in [0.15, 0.2) is 21.3 Å². The number of hydrogen-bond donors (Lipinski definition) is 4. The first-order chi connectivity index (χ1) is 37.7. The Kier molecular flexibility index (Phi) is 16.8. The fourth-order valence-electron chi connectivity index (χ4n) is 9.06. The lowest BCUT2D eigenvalue weighted by Crippen LogP contribution is -2.51. The van der Waals surface area contributed by atoms with Crippen LogP contribution in [0.4, 0.5) is 54.5 Å². The lowest BCUT2D eigenvalue weighted by Gasteiger charge is -2.25. The summed E-state index contributed by atoms with van der Waals surface area (Å²) in [5, 5.41) is 27.9. The highest BCUT2D eigenvalue weighted by Gasteiger charge is 2.68. The summed E-state index contributed by atoms with van der Waals surface area (Å²) in [5.74, 6) is -20.1. The number of carbonyl (C=O) groups is 6. The molecular formula is C47H43ClF10N8O14S2. The van der Waals surface area contributed by atoms with Crippen molar-refractivity contribution in [3.8, 4) is 11.1 Å². The number of carbonyl (C=O) groups excluding carboxylic acids is 4. The number of anilines is 1. The van der Waals surface area contributed by atoms with E-state index in [9.17, 15) is 80.7 Å². The molecule has 4 N–H and O–H groups in total. The minimum absolute atomic E-state index is 0.0500. The topological polar surface area (TPSA) is 305 Å². The first-order valence-corrected chi connectivity index (χ1v) is 27.7. The molecule has 0 radical (unpaired) electrons. The zero-order valence-electron chi connectivity index (χ0n) is 42.5. The van der Waals surface area contributed by atoms with Crippen molar-refractivity contribution in [2.24, 2.45) is 5.92 Å². The number of alkyl halides is 8. The van der Waals surface area contributed by atoms with Crippen LogP contribution in [-0.2, 0) is 91.3 Å². The summed E-state index contributed by atoms with van der Waals surface area (Å²) < 4.78 is 208. The number of nitrogens with zero attached hydrogens (tertiary/aromatic N) is 6. The molecule has 0 saturated heterocycles. The van der Waals surface area contributed by atoms with Crippen LogP contribution in [0.5, 0.6) is 0 Å². The average molecular weight is 1230 g/mol. The first-order valence-electron chi connectivity index (χ1n) is 23.6. The summed E-state index contributed by atoms with van der Waals surface area (Å²) in [7, 11) is -9.02. The molecule has 2 aliphatic rings. The number of halogens is 11. The molecule has 1 fully saturated rings. The van der Waals surface area contributed by atoms with Gasteiger partial charge in [-0.2, -0.15) is 49.6 Å². The van der Waals surface area contributed by atoms with Crippen molar-refractivity contribution in [3.05, 3.63) is 93.0 Å². The van der Waals surface area contributed by atoms with Gasteiger partial charge in [-0.15, -0.1) is 0 Å². The SMILES string of the molecule is CC(C)(CCc1ccc(-c2ccc(Cl)c3c(N(C(=O)NC(COC(=O)C(=O)O)COC(=O)C(=O)O)S(C)(=O)=O)nn(CC(F)(F)F)c23)c([C@H](Cc2cc(F)cc(F)c2)NC(=O)Cn2nc(C(F)(F)F)c3c2C(F)(F)C2C[C@H]32)n1)S(C)(=O)=O. The molecule has 0 aliphatic heterocycles. The number of carboxylic acids is 2. The van der Waals surface area contributed by atoms with Crippen molar-refractivity contribution < 1.29 is 109 Å². The Labute approximate surface area is 460 Å². The molecule has 22 nitrogen and oxygen atoms in total. The van der Waals surface area contributed by atoms with Gasteiger partial charge in [-0.25, -0.2) is 49.6 Å². The van der Waals surface area contributed by atoms with Crippen LogP contribution >= 0.6 is 11.6 Å². The monoisotopic (exact) mass is 1230 g/mol. The highest BCUT2D eigenvalue weighted by Crippen LogP contribution is 2.68. The van der Waals surface area contributed by atoms with E-state index < -0.39 is 202 Å². The van der Waals surface area contributed by atoms with Gasteiger partial charge in [-0.1, -0.05) is 23.7 Å². The van der Waals surface area contributed by atoms with E-state index in [-0.39, 0.29) is 44.2 Å². The highest BCUT2D eigenvalue weighted by atomic mass is 35.5. The van der Waals surface area contributed by atoms with Gasteiger partial charge >= 0.3 is 42.3 Å². The van der Waals surface area contributed by atoms with Crippen molar-refractivity contribution in [2.45, 2.75) is 93.6 Å². The zero-order chi connectivity index (χ0) is 61.1. The Balaban J connectivity index is 1.44. The summed E-state index contributed by atoms with van der Waals surface area (Å²) >= 11 is 6.63. The number of rotatable bonds is 19. The second kappa shape index (κ2) is 22.3. The summed E-state index contributed by atoms with van der Waals surface area (Å²) in [5.41, 5.74) is -6.28. The van der Waals surface area contributed by atoms with Gasteiger partial charge in [-0.05, 0) is 75.3 Å². The third-order valence-corrected chi connectivity index (χ3v) is 16.7. The van der Waals surface area contributed by atoms with E-state index in [1.165, 1.54) is 19.9 Å². The Bertz CT molecular complexity index is 3640. The van der Waals surface area contributed by atoms with E-state index in [1.54, 1.807) is 0 Å². The summed E-state index contributed by atoms with van der Waals surface area (Å²) in [6.07, 6.45) is -10.9. The van der Waals surface area contributed by atoms with Crippen LogP contribution < -0.4 is 14.9 Å². The van der Waals surface area contributed by atoms with E-state index in [0.29, 0.717) is 12.3 Å². The van der Waals surface area contributed by atoms with Crippen molar-refractivity contribution >= 4 is 84.0 Å². The number of sulfonamides is 1. The smallest absolute Gasteiger partial charge is 0.435 e. The summed E-state index contributed by atoms with van der Waals surface area (Å²) in [6, 6.07) is 0.422. The Morgan fingerprint density at radius 2 is 1.44 bits per heavy atom. The van der Waals surface area contributed by atoms with Gasteiger partial charge in [0.1, 0.15) is 43.6 Å². The normalized spacial score (nSPS) is 16.3. The molecule has 2 aromatic carbocycles. The molecule has 0 bridgehead atoms. The average Bonchev–Trinajstić information content (AvgIpc) is 2.93. The first kappa shape index (κ1) is 62.0. The largest absolute Gasteiger partial charge is 0.473 e. The van der Waals surface area contributed by atoms with E-state index in [4.69, 9.17) is 21.8 Å². The van der Waals surface area contributed by atoms with Crippen molar-refractivity contribution in [2.75, 3.05) is 30.0 Å². The van der Waals surface area contributed by atoms with Crippen molar-refractivity contribution in [1.82, 2.24) is 35.2 Å². The number of pyridine rings is 1. The van der Waals surface area contributed by atoms with Crippen molar-refractivity contribution in [1.29, 1.82) is 0 Å². The van der Waals surface area contributed by atoms with Crippen LogP contribution in [0.3, 0.4) is 0 Å². The Morgan fingerprint density at radius 1 is 0.854 bits per heavy atom. The molecule has 1 saturated carbocycles. The molecule has 82 heavy (non-hydrogen) atoms. The number of esters is 2. The molecule has 2 aliphatic carbocycles. The van der Waals surface area contributed by atoms with Gasteiger partial charge in [0.25, 0.3) is 5.92 Å². The minimum atomic E-state index is -5.30. The third-order valence-electron chi connectivity index (χ3n) is 13.2. The molecule has 5 aromatic rings. The lowest BCUT2D eigenvalue weighted by atomic mass is 9.93. The molecule has 444 valence electrons. The number of aryl methyl sites for hydroxylation is 1. The van der Waals surface area contributed by atoms with Crippen LogP contribution in [0.25, 0.3) is 22.0 Å². The molecule has 3 aromatic heterocycles. The number of hydrogen-bond acceptors (Lipinski definition) is 15. The van der Waals surface area contributed by atoms with Crippen LogP contribution in [0.1, 0.15) is 72.6 Å². The number of fused-ring (bicyclic) bond motifs is 4. The maximum atomic E-state index is 15.7.